The first kappa shape index (κ1) is 85.1. The van der Waals surface area contributed by atoms with E-state index in [2.05, 4.69) is 115 Å². The monoisotopic (exact) mass is 1680 g/mol. The van der Waals surface area contributed by atoms with Crippen LogP contribution in [0.15, 0.2) is 75.9 Å². The quantitative estimate of drug-likeness (QED) is 0.0248. The normalized spacial score (nSPS) is 11.7. The smallest absolute Gasteiger partial charge is 1.00 e. The second kappa shape index (κ2) is 38.4. The molecule has 0 aliphatic carbocycles. The maximum absolute atomic E-state index is 12.7. The summed E-state index contributed by atoms with van der Waals surface area (Å²) in [5.74, 6) is 1.18. The van der Waals surface area contributed by atoms with Crippen molar-refractivity contribution in [2.45, 2.75) is 170 Å². The summed E-state index contributed by atoms with van der Waals surface area (Å²) in [5.41, 5.74) is 0.252. The predicted octanol–water partition coefficient (Wildman–Crippen LogP) is 11.9. The Morgan fingerprint density at radius 2 is 0.926 bits per heavy atom. The van der Waals surface area contributed by atoms with Gasteiger partial charge in [0.1, 0.15) is 33.9 Å². The minimum Gasteiger partial charge on any atom is -1.00 e. The number of nitrogens with one attached hydrogen (secondary N) is 1. The minimum absolute atomic E-state index is 0. The van der Waals surface area contributed by atoms with E-state index in [1.807, 2.05) is 49.8 Å². The number of aromatic nitrogens is 15. The van der Waals surface area contributed by atoms with Crippen LogP contribution < -0.4 is 71.6 Å². The first-order chi connectivity index (χ1) is 43.5. The fourth-order valence-corrected chi connectivity index (χ4v) is 29.7. The van der Waals surface area contributed by atoms with Crippen molar-refractivity contribution in [2.75, 3.05) is 14.2 Å². The average Bonchev–Trinajstić information content (AvgIpc) is 1.59. The van der Waals surface area contributed by atoms with E-state index in [4.69, 9.17) is 37.1 Å². The molecule has 0 saturated heterocycles. The molecule has 36 heteroatoms. The Kier molecular flexibility index (Phi) is 34.4. The van der Waals surface area contributed by atoms with Gasteiger partial charge in [-0.2, -0.15) is 80.8 Å². The van der Waals surface area contributed by atoms with Crippen LogP contribution >= 0.6 is 56.7 Å². The molecule has 1 N–H and O–H groups in total. The Morgan fingerprint density at radius 1 is 0.558 bits per heavy atom. The Bertz CT molecular complexity index is 3810. The zero-order valence-corrected chi connectivity index (χ0v) is 67.2. The molecule has 0 amide bonds. The van der Waals surface area contributed by atoms with E-state index >= 15 is 0 Å². The van der Waals surface area contributed by atoms with Crippen molar-refractivity contribution in [3.05, 3.63) is 121 Å². The van der Waals surface area contributed by atoms with E-state index in [1.165, 1.54) is 107 Å². The number of methoxy groups -OCH3 is 2. The van der Waals surface area contributed by atoms with Gasteiger partial charge >= 0.3 is 189 Å². The van der Waals surface area contributed by atoms with Crippen molar-refractivity contribution in [3.63, 3.8) is 0 Å². The van der Waals surface area contributed by atoms with E-state index in [0.717, 1.165) is 62.2 Å². The van der Waals surface area contributed by atoms with Gasteiger partial charge in [0.05, 0.1) is 25.6 Å². The van der Waals surface area contributed by atoms with Gasteiger partial charge in [0.15, 0.2) is 17.1 Å². The maximum Gasteiger partial charge on any atom is 1.00 e. The Morgan fingerprint density at radius 3 is 1.29 bits per heavy atom. The largest absolute Gasteiger partial charge is 1.00 e. The number of nitrogens with zero attached hydrogens (tertiary/aromatic N) is 14. The van der Waals surface area contributed by atoms with Crippen molar-refractivity contribution in [1.82, 2.24) is 74.2 Å². The summed E-state index contributed by atoms with van der Waals surface area (Å²) in [5, 5.41) is 17.5. The van der Waals surface area contributed by atoms with Crippen LogP contribution in [0, 0.1) is 0 Å². The molecule has 9 heterocycles. The summed E-state index contributed by atoms with van der Waals surface area (Å²) >= 11 is 13.9. The number of alkyl halides is 9. The number of unbranched alkanes of at least 4 members (excludes halogenated alkanes) is 3. The molecule has 0 saturated carbocycles. The number of halogens is 12. The summed E-state index contributed by atoms with van der Waals surface area (Å²) in [6, 6.07) is 6.66. The molecule has 95 heavy (non-hydrogen) atoms. The number of rotatable bonds is 20. The zero-order chi connectivity index (χ0) is 69.2. The van der Waals surface area contributed by atoms with Gasteiger partial charge in [-0.05, 0) is 30.0 Å². The molecule has 18 nitrogen and oxygen atoms in total. The molecule has 0 bridgehead atoms. The number of ether oxygens (including phenoxy) is 2. The minimum atomic E-state index is -4.56. The first-order valence-electron chi connectivity index (χ1n) is 29.6. The molecular weight excluding hydrogens is 1600 g/mol. The first-order valence-corrected chi connectivity index (χ1v) is 44.6. The molecule has 0 radical (unpaired) electrons. The number of hydrogen-bond acceptors (Lipinski definition) is 17. The molecule has 0 atom stereocenters. The topological polar surface area (TPSA) is 208 Å². The number of thiazole rings is 3. The second-order valence-electron chi connectivity index (χ2n) is 22.9. The molecular formula is C59H76Cl2F9IN15NaO3S3SiSn. The van der Waals surface area contributed by atoms with Gasteiger partial charge in [-0.25, -0.2) is 34.0 Å². The van der Waals surface area contributed by atoms with E-state index in [1.54, 1.807) is 9.09 Å². The van der Waals surface area contributed by atoms with Gasteiger partial charge < -0.3 is 33.5 Å². The average molecular weight is 1680 g/mol. The predicted molar refractivity (Wildman–Crippen MR) is 354 cm³/mol. The van der Waals surface area contributed by atoms with Crippen LogP contribution in [0.4, 0.5) is 39.5 Å². The number of H-pyrrole nitrogens is 1. The van der Waals surface area contributed by atoms with Gasteiger partial charge in [0, 0.05) is 47.5 Å². The van der Waals surface area contributed by atoms with E-state index in [0.29, 0.717) is 21.6 Å². The van der Waals surface area contributed by atoms with Crippen molar-refractivity contribution >= 4 is 85.5 Å². The number of aromatic amines is 1. The van der Waals surface area contributed by atoms with Crippen molar-refractivity contribution in [2.24, 2.45) is 0 Å². The standard InChI is InChI=1S/C15H14F3N5OS.C14H12F3N5OS.C9H6ClF3N4O.C6H8NS.3C4H9.C3H9ClSi.HI.Na.Sn/c1-8(2)10-7-25-13(19-10)9-6-12(24-3)21-14(20-9)23-5-4-11(22-23)15(16,17)18;1-7(2)9-6-24-12(18-9)8-5-11(23)20-13(19-8)22-4-3-10(21-22)14(15,16)17;1-18-7-4-6(10)14-8(15-7)17-3-2-5(16-17)9(11,12)13;1-5(2)6-3-8-4-7-6;3*1-3-4-2;1-5(2,3)4;;;/h4-8H,1-3H3;3-7H,1-2H3,(H,19,20,23);2-4H,1H3;3,5H,1-2H3;3*1,3-4H2,2H3;1-3H3;1H;;/q;;;;;;;;;+1;/p-1. The van der Waals surface area contributed by atoms with Crippen LogP contribution in [-0.4, -0.2) is 114 Å². The number of hydrogen-bond donors (Lipinski definition) is 1. The van der Waals surface area contributed by atoms with E-state index in [-0.39, 0.29) is 106 Å². The second-order valence-corrected chi connectivity index (χ2v) is 47.3. The van der Waals surface area contributed by atoms with Gasteiger partial charge in [-0.15, -0.1) is 22.7 Å². The van der Waals surface area contributed by atoms with E-state index in [9.17, 15) is 44.3 Å². The Labute approximate surface area is 612 Å². The van der Waals surface area contributed by atoms with Crippen molar-refractivity contribution in [1.29, 1.82) is 0 Å². The zero-order valence-electron chi connectivity index (χ0n) is 55.3. The molecule has 0 spiro atoms. The molecule has 0 aromatic carbocycles. The fourth-order valence-electron chi connectivity index (χ4n) is 8.13. The van der Waals surface area contributed by atoms with Crippen molar-refractivity contribution < 1.29 is 103 Å². The van der Waals surface area contributed by atoms with Crippen LogP contribution in [0.2, 0.25) is 38.1 Å². The maximum atomic E-state index is 12.7. The molecule has 9 rings (SSSR count). The van der Waals surface area contributed by atoms with Crippen LogP contribution in [0.1, 0.15) is 153 Å². The van der Waals surface area contributed by atoms with Gasteiger partial charge in [0.25, 0.3) is 17.5 Å². The van der Waals surface area contributed by atoms with Crippen molar-refractivity contribution in [3.8, 4) is 51.0 Å². The molecule has 0 fully saturated rings. The summed E-state index contributed by atoms with van der Waals surface area (Å²) in [6.45, 7) is 25.9. The van der Waals surface area contributed by atoms with Gasteiger partial charge in [-0.3, -0.25) is 9.78 Å². The van der Waals surface area contributed by atoms with Crippen LogP contribution in [0.3, 0.4) is 0 Å². The molecule has 9 aromatic heterocycles. The molecule has 0 aliphatic rings. The summed E-state index contributed by atoms with van der Waals surface area (Å²) in [6.07, 6.45) is -1.95. The third-order valence-electron chi connectivity index (χ3n) is 13.0. The van der Waals surface area contributed by atoms with Crippen LogP contribution in [-0.2, 0) is 18.5 Å². The molecule has 516 valence electrons. The Hall–Kier alpha value is -4.14. The molecule has 0 aliphatic heterocycles. The summed E-state index contributed by atoms with van der Waals surface area (Å²) in [7, 11) is 1.63. The SMILES string of the molecule is CC(C)c1csc(-c2cc(=O)[nH]c(-n3ccc(C(F)(F)F)n3)n2)n1.CCC[CH2][Sn]([CH2]CCC)([CH2]CCC)[c]1nc(C(C)C)cs1.COc1cc(-c2nc(C(C)C)cs2)nc(-n2ccc(C(F)(F)F)n2)n1.COc1cc(Cl)nc(-n2ccc(C(F)(F)F)n2)n1.C[Si](C)(C)Cl.[I-].[Na+]. The third-order valence-corrected chi connectivity index (χ3v) is 33.7. The Balaban J connectivity index is 0.000000322. The van der Waals surface area contributed by atoms with Gasteiger partial charge in [-0.1, -0.05) is 58.9 Å². The summed E-state index contributed by atoms with van der Waals surface area (Å²) in [4.78, 5) is 48.3. The van der Waals surface area contributed by atoms with E-state index < -0.39 is 66.9 Å². The van der Waals surface area contributed by atoms with Crippen LogP contribution in [0.25, 0.3) is 39.2 Å². The summed E-state index contributed by atoms with van der Waals surface area (Å²) < 4.78 is 132. The third kappa shape index (κ3) is 26.8. The molecule has 9 aromatic rings. The fraction of sp³-hybridized carbons (Fsp3) is 0.492. The molecule has 0 unspecified atom stereocenters. The van der Waals surface area contributed by atoms with Crippen LogP contribution in [0.5, 0.6) is 11.8 Å². The van der Waals surface area contributed by atoms with Gasteiger partial charge in [0.2, 0.25) is 17.7 Å².